The van der Waals surface area contributed by atoms with Crippen LogP contribution < -0.4 is 5.32 Å². The Hall–Kier alpha value is -3.91. The largest absolute Gasteiger partial charge is 0.340 e. The van der Waals surface area contributed by atoms with Gasteiger partial charge in [-0.15, -0.1) is 5.10 Å². The Balaban J connectivity index is 1.56. The van der Waals surface area contributed by atoms with Crippen molar-refractivity contribution in [2.75, 3.05) is 5.32 Å². The fourth-order valence-corrected chi connectivity index (χ4v) is 3.35. The predicted octanol–water partition coefficient (Wildman–Crippen LogP) is 5.01. The van der Waals surface area contributed by atoms with Gasteiger partial charge in [0.05, 0.1) is 10.5 Å². The minimum atomic E-state index is -0.473. The molecule has 2 aromatic heterocycles. The van der Waals surface area contributed by atoms with Gasteiger partial charge in [-0.25, -0.2) is 19.5 Å². The van der Waals surface area contributed by atoms with E-state index in [1.165, 1.54) is 18.5 Å². The maximum Gasteiger partial charge on any atom is 0.179 e. The molecule has 0 spiro atoms. The van der Waals surface area contributed by atoms with Crippen molar-refractivity contribution < 1.29 is 4.39 Å². The molecule has 0 bridgehead atoms. The summed E-state index contributed by atoms with van der Waals surface area (Å²) in [5.74, 6) is 0.718. The Morgan fingerprint density at radius 3 is 2.60 bits per heavy atom. The molecule has 30 heavy (non-hydrogen) atoms. The van der Waals surface area contributed by atoms with Gasteiger partial charge in [-0.1, -0.05) is 35.9 Å². The molecule has 3 aromatic carbocycles. The summed E-state index contributed by atoms with van der Waals surface area (Å²) in [6.45, 7) is 0. The summed E-state index contributed by atoms with van der Waals surface area (Å²) in [6, 6.07) is 18.2. The summed E-state index contributed by atoms with van der Waals surface area (Å²) in [4.78, 5) is 8.70. The maximum atomic E-state index is 13.5. The van der Waals surface area contributed by atoms with Crippen LogP contribution in [-0.2, 0) is 0 Å². The molecule has 0 atom stereocenters. The van der Waals surface area contributed by atoms with Crippen LogP contribution in [0.2, 0.25) is 5.02 Å². The van der Waals surface area contributed by atoms with Crippen LogP contribution in [0.15, 0.2) is 67.0 Å². The number of fused-ring (bicyclic) bond motifs is 1. The van der Waals surface area contributed by atoms with Gasteiger partial charge in [-0.2, -0.15) is 0 Å². The minimum absolute atomic E-state index is 0.0396. The number of benzene rings is 3. The number of rotatable bonds is 4. The van der Waals surface area contributed by atoms with Crippen LogP contribution >= 0.6 is 11.6 Å². The average Bonchev–Trinajstić information content (AvgIpc) is 3.31. The Bertz CT molecular complexity index is 1360. The van der Waals surface area contributed by atoms with Crippen molar-refractivity contribution in [3.8, 4) is 22.5 Å². The maximum absolute atomic E-state index is 13.5. The summed E-state index contributed by atoms with van der Waals surface area (Å²) in [5.41, 5.74) is 4.25. The topological polar surface area (TPSA) is 92.3 Å². The van der Waals surface area contributed by atoms with Crippen molar-refractivity contribution in [3.05, 3.63) is 77.8 Å². The minimum Gasteiger partial charge on any atom is -0.340 e. The zero-order valence-corrected chi connectivity index (χ0v) is 16.1. The summed E-state index contributed by atoms with van der Waals surface area (Å²) in [7, 11) is 0. The number of hydrogen-bond acceptors (Lipinski definition) is 6. The molecule has 0 aliphatic rings. The highest BCUT2D eigenvalue weighted by atomic mass is 35.5. The van der Waals surface area contributed by atoms with Gasteiger partial charge in [0.15, 0.2) is 5.82 Å². The molecule has 0 radical (unpaired) electrons. The van der Waals surface area contributed by atoms with E-state index >= 15 is 0 Å². The Labute approximate surface area is 175 Å². The molecule has 0 unspecified atom stereocenters. The number of aromatic amines is 1. The van der Waals surface area contributed by atoms with Crippen molar-refractivity contribution in [2.45, 2.75) is 0 Å². The molecule has 2 heterocycles. The Morgan fingerprint density at radius 1 is 0.900 bits per heavy atom. The quantitative estimate of drug-likeness (QED) is 0.427. The van der Waals surface area contributed by atoms with Gasteiger partial charge in [-0.05, 0) is 58.0 Å². The predicted molar refractivity (Wildman–Crippen MR) is 113 cm³/mol. The molecule has 5 rings (SSSR count). The number of hydrogen-bond donors (Lipinski definition) is 2. The summed E-state index contributed by atoms with van der Waals surface area (Å²) >= 11 is 5.90. The van der Waals surface area contributed by atoms with Crippen LogP contribution in [0.5, 0.6) is 0 Å². The number of anilines is 2. The van der Waals surface area contributed by atoms with E-state index in [4.69, 9.17) is 11.6 Å². The zero-order valence-electron chi connectivity index (χ0n) is 15.3. The van der Waals surface area contributed by atoms with Crippen LogP contribution in [0.3, 0.4) is 0 Å². The molecule has 0 aliphatic carbocycles. The van der Waals surface area contributed by atoms with Crippen molar-refractivity contribution in [1.29, 1.82) is 0 Å². The summed E-state index contributed by atoms with van der Waals surface area (Å²) < 4.78 is 13.5. The van der Waals surface area contributed by atoms with E-state index in [1.807, 2.05) is 42.5 Å². The zero-order chi connectivity index (χ0) is 20.5. The van der Waals surface area contributed by atoms with Crippen LogP contribution in [0.1, 0.15) is 0 Å². The normalized spacial score (nSPS) is 11.0. The molecule has 0 saturated carbocycles. The second-order valence-electron chi connectivity index (χ2n) is 6.54. The monoisotopic (exact) mass is 417 g/mol. The Kier molecular flexibility index (Phi) is 4.53. The van der Waals surface area contributed by atoms with Gasteiger partial charge in [0.1, 0.15) is 18.0 Å². The van der Waals surface area contributed by atoms with E-state index in [-0.39, 0.29) is 5.02 Å². The first-order valence-electron chi connectivity index (χ1n) is 8.99. The third kappa shape index (κ3) is 3.44. The van der Waals surface area contributed by atoms with Gasteiger partial charge in [0, 0.05) is 16.6 Å². The molecular formula is C21H13ClFN7. The van der Waals surface area contributed by atoms with E-state index in [2.05, 4.69) is 35.9 Å². The van der Waals surface area contributed by atoms with E-state index in [1.54, 1.807) is 6.07 Å². The average molecular weight is 418 g/mol. The van der Waals surface area contributed by atoms with Crippen LogP contribution in [0, 0.1) is 5.82 Å². The summed E-state index contributed by atoms with van der Waals surface area (Å²) in [6.07, 6.45) is 1.48. The van der Waals surface area contributed by atoms with Crippen molar-refractivity contribution in [1.82, 2.24) is 30.6 Å². The van der Waals surface area contributed by atoms with Gasteiger partial charge in [0.25, 0.3) is 0 Å². The van der Waals surface area contributed by atoms with E-state index < -0.39 is 5.82 Å². The van der Waals surface area contributed by atoms with Crippen molar-refractivity contribution >= 4 is 34.0 Å². The second-order valence-corrected chi connectivity index (χ2v) is 6.95. The van der Waals surface area contributed by atoms with Crippen molar-refractivity contribution in [3.63, 3.8) is 0 Å². The van der Waals surface area contributed by atoms with Gasteiger partial charge < -0.3 is 5.32 Å². The second kappa shape index (κ2) is 7.49. The fourth-order valence-electron chi connectivity index (χ4n) is 3.17. The smallest absolute Gasteiger partial charge is 0.179 e. The van der Waals surface area contributed by atoms with Crippen LogP contribution in [0.25, 0.3) is 33.4 Å². The highest BCUT2D eigenvalue weighted by Gasteiger charge is 2.09. The lowest BCUT2D eigenvalue weighted by atomic mass is 10.0. The standard InChI is InChI=1S/C21H13ClFN7/c22-17-10-15(5-6-18(17)23)26-21-16-9-13(4-7-19(16)24-11-25-21)12-2-1-3-14(8-12)20-27-29-30-28-20/h1-11H,(H,24,25,26)(H,27,28,29,30). The number of nitrogens with one attached hydrogen (secondary N) is 2. The molecule has 146 valence electrons. The molecule has 0 aliphatic heterocycles. The Morgan fingerprint density at radius 2 is 1.77 bits per heavy atom. The lowest BCUT2D eigenvalue weighted by molar-refractivity contribution is 0.628. The first kappa shape index (κ1) is 18.1. The molecule has 0 fully saturated rings. The number of halogens is 2. The molecule has 7 nitrogen and oxygen atoms in total. The lowest BCUT2D eigenvalue weighted by Crippen LogP contribution is -1.96. The third-order valence-electron chi connectivity index (χ3n) is 4.63. The molecule has 0 saturated heterocycles. The van der Waals surface area contributed by atoms with E-state index in [9.17, 15) is 4.39 Å². The van der Waals surface area contributed by atoms with Crippen LogP contribution in [0.4, 0.5) is 15.9 Å². The third-order valence-corrected chi connectivity index (χ3v) is 4.92. The highest BCUT2D eigenvalue weighted by molar-refractivity contribution is 6.31. The van der Waals surface area contributed by atoms with Crippen molar-refractivity contribution in [2.24, 2.45) is 0 Å². The first-order chi connectivity index (χ1) is 14.7. The number of tetrazole rings is 1. The molecule has 2 N–H and O–H groups in total. The van der Waals surface area contributed by atoms with Crippen LogP contribution in [-0.4, -0.2) is 30.6 Å². The number of H-pyrrole nitrogens is 1. The van der Waals surface area contributed by atoms with Gasteiger partial charge in [0.2, 0.25) is 0 Å². The molecule has 9 heteroatoms. The molecule has 0 amide bonds. The lowest BCUT2D eigenvalue weighted by Gasteiger charge is -2.11. The molecular weight excluding hydrogens is 405 g/mol. The fraction of sp³-hybridized carbons (Fsp3) is 0. The summed E-state index contributed by atoms with van der Waals surface area (Å²) in [5, 5.41) is 18.0. The van der Waals surface area contributed by atoms with Gasteiger partial charge >= 0.3 is 0 Å². The SMILES string of the molecule is Fc1ccc(Nc2ncnc3ccc(-c4cccc(-c5nnn[nH]5)c4)cc23)cc1Cl. The van der Waals surface area contributed by atoms with Gasteiger partial charge in [-0.3, -0.25) is 0 Å². The number of aromatic nitrogens is 6. The first-order valence-corrected chi connectivity index (χ1v) is 9.36. The van der Waals surface area contributed by atoms with E-state index in [0.717, 1.165) is 27.6 Å². The highest BCUT2D eigenvalue weighted by Crippen LogP contribution is 2.30. The van der Waals surface area contributed by atoms with E-state index in [0.29, 0.717) is 17.3 Å². The molecule has 5 aromatic rings. The number of nitrogens with zero attached hydrogens (tertiary/aromatic N) is 5.